The van der Waals surface area contributed by atoms with E-state index in [1.54, 1.807) is 13.8 Å². The summed E-state index contributed by atoms with van der Waals surface area (Å²) in [7, 11) is 0. The van der Waals surface area contributed by atoms with E-state index in [1.165, 1.54) is 12.8 Å². The van der Waals surface area contributed by atoms with Crippen LogP contribution < -0.4 is 0 Å². The average molecular weight is 226 g/mol. The van der Waals surface area contributed by atoms with Crippen molar-refractivity contribution in [2.45, 2.75) is 52.4 Å². The molecule has 1 fully saturated rings. The second-order valence-corrected chi connectivity index (χ2v) is 5.01. The fourth-order valence-corrected chi connectivity index (χ4v) is 2.40. The van der Waals surface area contributed by atoms with Crippen LogP contribution in [0.15, 0.2) is 0 Å². The van der Waals surface area contributed by atoms with E-state index in [1.807, 2.05) is 0 Å². The molecule has 3 heteroatoms. The number of carboxylic acids is 1. The van der Waals surface area contributed by atoms with Crippen molar-refractivity contribution in [3.8, 4) is 0 Å². The Morgan fingerprint density at radius 3 is 1.94 bits per heavy atom. The van der Waals surface area contributed by atoms with Gasteiger partial charge in [0.25, 0.3) is 0 Å². The minimum atomic E-state index is -0.866. The van der Waals surface area contributed by atoms with Crippen LogP contribution >= 0.6 is 0 Å². The van der Waals surface area contributed by atoms with Crippen LogP contribution in [-0.4, -0.2) is 16.9 Å². The third-order valence-electron chi connectivity index (χ3n) is 3.85. The first kappa shape index (κ1) is 13.2. The summed E-state index contributed by atoms with van der Waals surface area (Å²) >= 11 is 0. The van der Waals surface area contributed by atoms with Crippen LogP contribution in [0.4, 0.5) is 0 Å². The number of hydrogen-bond donors (Lipinski definition) is 1. The zero-order valence-corrected chi connectivity index (χ0v) is 10.2. The number of rotatable bonds is 4. The van der Waals surface area contributed by atoms with Crippen LogP contribution in [0, 0.1) is 17.8 Å². The molecule has 1 N–H and O–H groups in total. The molecular formula is C13H22O3. The normalized spacial score (nSPS) is 22.1. The van der Waals surface area contributed by atoms with Crippen molar-refractivity contribution in [1.82, 2.24) is 0 Å². The topological polar surface area (TPSA) is 54.4 Å². The minimum Gasteiger partial charge on any atom is -0.481 e. The molecule has 0 aromatic heterocycles. The molecule has 1 aliphatic carbocycles. The molecular weight excluding hydrogens is 204 g/mol. The lowest BCUT2D eigenvalue weighted by Gasteiger charge is -2.20. The molecule has 2 atom stereocenters. The zero-order valence-electron chi connectivity index (χ0n) is 10.2. The number of carboxylic acid groups (broad SMARTS) is 1. The highest BCUT2D eigenvalue weighted by Crippen LogP contribution is 2.28. The number of ketones is 1. The van der Waals surface area contributed by atoms with Gasteiger partial charge in [-0.2, -0.15) is 0 Å². The van der Waals surface area contributed by atoms with Gasteiger partial charge in [0, 0.05) is 11.8 Å². The van der Waals surface area contributed by atoms with Crippen LogP contribution in [0.25, 0.3) is 0 Å². The van der Waals surface area contributed by atoms with Gasteiger partial charge in [-0.25, -0.2) is 0 Å². The maximum atomic E-state index is 12.1. The lowest BCUT2D eigenvalue weighted by molar-refractivity contribution is -0.146. The highest BCUT2D eigenvalue weighted by atomic mass is 16.4. The van der Waals surface area contributed by atoms with Crippen molar-refractivity contribution in [1.29, 1.82) is 0 Å². The summed E-state index contributed by atoms with van der Waals surface area (Å²) in [5.41, 5.74) is 0. The van der Waals surface area contributed by atoms with Gasteiger partial charge in [-0.15, -0.1) is 0 Å². The van der Waals surface area contributed by atoms with Crippen molar-refractivity contribution < 1.29 is 14.7 Å². The van der Waals surface area contributed by atoms with Crippen LogP contribution in [0.2, 0.25) is 0 Å². The molecule has 92 valence electrons. The Morgan fingerprint density at radius 2 is 1.50 bits per heavy atom. The van der Waals surface area contributed by atoms with Crippen LogP contribution in [0.1, 0.15) is 52.4 Å². The molecule has 0 aromatic rings. The maximum Gasteiger partial charge on any atom is 0.306 e. The summed E-state index contributed by atoms with van der Waals surface area (Å²) in [6, 6.07) is 0. The molecule has 0 heterocycles. The van der Waals surface area contributed by atoms with E-state index in [0.29, 0.717) is 0 Å². The van der Waals surface area contributed by atoms with Gasteiger partial charge in [0.05, 0.1) is 5.92 Å². The Morgan fingerprint density at radius 1 is 1.00 bits per heavy atom. The van der Waals surface area contributed by atoms with Crippen LogP contribution in [-0.2, 0) is 9.59 Å². The Labute approximate surface area is 97.2 Å². The van der Waals surface area contributed by atoms with Gasteiger partial charge in [0.2, 0.25) is 0 Å². The summed E-state index contributed by atoms with van der Waals surface area (Å²) in [6.07, 6.45) is 6.57. The monoisotopic (exact) mass is 226 g/mol. The molecule has 0 aliphatic heterocycles. The Bertz CT molecular complexity index is 252. The van der Waals surface area contributed by atoms with Crippen LogP contribution in [0.3, 0.4) is 0 Å². The average Bonchev–Trinajstić information content (AvgIpc) is 2.54. The predicted molar refractivity (Wildman–Crippen MR) is 62.2 cm³/mol. The summed E-state index contributed by atoms with van der Waals surface area (Å²) in [5.74, 6) is -1.50. The Hall–Kier alpha value is -0.860. The summed E-state index contributed by atoms with van der Waals surface area (Å²) < 4.78 is 0. The fourth-order valence-electron chi connectivity index (χ4n) is 2.40. The minimum absolute atomic E-state index is 0.110. The van der Waals surface area contributed by atoms with Crippen molar-refractivity contribution >= 4 is 11.8 Å². The Kier molecular flexibility index (Phi) is 4.97. The van der Waals surface area contributed by atoms with E-state index in [2.05, 4.69) is 0 Å². The second-order valence-electron chi connectivity index (χ2n) is 5.01. The standard InChI is InChI=1S/C13H22O3/c1-9(10(2)13(15)16)12(14)11-7-5-3-4-6-8-11/h9-11H,3-8H2,1-2H3,(H,15,16). The van der Waals surface area contributed by atoms with Gasteiger partial charge in [-0.1, -0.05) is 39.5 Å². The Balaban J connectivity index is 2.57. The van der Waals surface area contributed by atoms with Gasteiger partial charge in [0.1, 0.15) is 5.78 Å². The van der Waals surface area contributed by atoms with E-state index < -0.39 is 11.9 Å². The molecule has 0 amide bonds. The van der Waals surface area contributed by atoms with E-state index >= 15 is 0 Å². The van der Waals surface area contributed by atoms with E-state index in [-0.39, 0.29) is 17.6 Å². The van der Waals surface area contributed by atoms with Crippen molar-refractivity contribution in [3.63, 3.8) is 0 Å². The van der Waals surface area contributed by atoms with Gasteiger partial charge >= 0.3 is 5.97 Å². The third kappa shape index (κ3) is 3.32. The molecule has 3 nitrogen and oxygen atoms in total. The molecule has 0 saturated heterocycles. The first-order chi connectivity index (χ1) is 7.54. The van der Waals surface area contributed by atoms with E-state index in [9.17, 15) is 9.59 Å². The molecule has 0 bridgehead atoms. The SMILES string of the molecule is CC(C(=O)O)C(C)C(=O)C1CCCCCC1. The van der Waals surface area contributed by atoms with Crippen molar-refractivity contribution in [2.24, 2.45) is 17.8 Å². The van der Waals surface area contributed by atoms with Gasteiger partial charge in [-0.3, -0.25) is 9.59 Å². The molecule has 1 aliphatic rings. The molecule has 0 spiro atoms. The highest BCUT2D eigenvalue weighted by Gasteiger charge is 2.30. The summed E-state index contributed by atoms with van der Waals surface area (Å²) in [6.45, 7) is 3.38. The van der Waals surface area contributed by atoms with Gasteiger partial charge < -0.3 is 5.11 Å². The number of hydrogen-bond acceptors (Lipinski definition) is 2. The zero-order chi connectivity index (χ0) is 12.1. The van der Waals surface area contributed by atoms with Crippen LogP contribution in [0.5, 0.6) is 0 Å². The van der Waals surface area contributed by atoms with Crippen molar-refractivity contribution in [3.05, 3.63) is 0 Å². The number of carbonyl (C=O) groups is 2. The third-order valence-corrected chi connectivity index (χ3v) is 3.85. The quantitative estimate of drug-likeness (QED) is 0.750. The second kappa shape index (κ2) is 6.02. The summed E-state index contributed by atoms with van der Waals surface area (Å²) in [4.78, 5) is 23.0. The lowest BCUT2D eigenvalue weighted by atomic mass is 9.82. The van der Waals surface area contributed by atoms with Gasteiger partial charge in [-0.05, 0) is 12.8 Å². The largest absolute Gasteiger partial charge is 0.481 e. The van der Waals surface area contributed by atoms with Crippen molar-refractivity contribution in [2.75, 3.05) is 0 Å². The summed E-state index contributed by atoms with van der Waals surface area (Å²) in [5, 5.41) is 8.90. The highest BCUT2D eigenvalue weighted by molar-refractivity contribution is 5.87. The van der Waals surface area contributed by atoms with E-state index in [4.69, 9.17) is 5.11 Å². The number of carbonyl (C=O) groups excluding carboxylic acids is 1. The molecule has 0 radical (unpaired) electrons. The molecule has 1 saturated carbocycles. The van der Waals surface area contributed by atoms with Gasteiger partial charge in [0.15, 0.2) is 0 Å². The van der Waals surface area contributed by atoms with E-state index in [0.717, 1.165) is 25.7 Å². The first-order valence-electron chi connectivity index (χ1n) is 6.30. The molecule has 16 heavy (non-hydrogen) atoms. The fraction of sp³-hybridized carbons (Fsp3) is 0.846. The lowest BCUT2D eigenvalue weighted by Crippen LogP contribution is -2.30. The first-order valence-corrected chi connectivity index (χ1v) is 6.30. The number of aliphatic carboxylic acids is 1. The predicted octanol–water partition coefficient (Wildman–Crippen LogP) is 2.88. The molecule has 0 aromatic carbocycles. The molecule has 1 rings (SSSR count). The molecule has 2 unspecified atom stereocenters. The maximum absolute atomic E-state index is 12.1. The smallest absolute Gasteiger partial charge is 0.306 e. The number of Topliss-reactive ketones (excluding diaryl/α,β-unsaturated/α-hetero) is 1.